The van der Waals surface area contributed by atoms with E-state index in [1.807, 2.05) is 0 Å². The Kier molecular flexibility index (Phi) is 6.46. The molecule has 1 aliphatic rings. The van der Waals surface area contributed by atoms with E-state index in [0.717, 1.165) is 0 Å². The topological polar surface area (TPSA) is 111 Å². The highest BCUT2D eigenvalue weighted by Crippen LogP contribution is 2.52. The first kappa shape index (κ1) is 24.5. The van der Waals surface area contributed by atoms with Crippen molar-refractivity contribution in [1.29, 1.82) is 0 Å². The number of alkyl halides is 2. The molecule has 2 heterocycles. The van der Waals surface area contributed by atoms with Gasteiger partial charge in [0.15, 0.2) is 11.5 Å². The maximum absolute atomic E-state index is 13.2. The third-order valence-corrected chi connectivity index (χ3v) is 6.13. The molecule has 1 aliphatic carbocycles. The number of halogens is 3. The first-order valence-corrected chi connectivity index (χ1v) is 11.1. The zero-order chi connectivity index (χ0) is 25.4. The Labute approximate surface area is 204 Å². The van der Waals surface area contributed by atoms with Crippen LogP contribution in [0.4, 0.5) is 25.1 Å². The molecule has 9 nitrogen and oxygen atoms in total. The monoisotopic (exact) mass is 504 g/mol. The molecule has 0 radical (unpaired) electrons. The van der Waals surface area contributed by atoms with Crippen LogP contribution in [-0.4, -0.2) is 37.9 Å². The number of amides is 2. The number of hydrogen-bond donors (Lipinski definition) is 2. The fourth-order valence-corrected chi connectivity index (χ4v) is 4.25. The summed E-state index contributed by atoms with van der Waals surface area (Å²) in [6.07, 6.45) is -0.941. The van der Waals surface area contributed by atoms with Crippen molar-refractivity contribution in [2.24, 2.45) is 12.5 Å². The van der Waals surface area contributed by atoms with Gasteiger partial charge in [0.25, 0.3) is 0 Å². The predicted octanol–water partition coefficient (Wildman–Crippen LogP) is 5.21. The Morgan fingerprint density at radius 2 is 1.89 bits per heavy atom. The molecule has 0 saturated heterocycles. The largest absolute Gasteiger partial charge is 0.441 e. The minimum absolute atomic E-state index is 0.245. The summed E-state index contributed by atoms with van der Waals surface area (Å²) in [4.78, 5) is 29.2. The second kappa shape index (κ2) is 9.21. The lowest BCUT2D eigenvalue weighted by molar-refractivity contribution is -0.170. The van der Waals surface area contributed by atoms with Gasteiger partial charge >= 0.3 is 6.09 Å². The minimum Gasteiger partial charge on any atom is -0.441 e. The van der Waals surface area contributed by atoms with Crippen LogP contribution >= 0.6 is 11.6 Å². The number of hydrogen-bond acceptors (Lipinski definition) is 6. The molecule has 12 heteroatoms. The molecule has 0 unspecified atom stereocenters. The highest BCUT2D eigenvalue weighted by Gasteiger charge is 2.57. The van der Waals surface area contributed by atoms with Crippen molar-refractivity contribution in [3.8, 4) is 11.4 Å². The highest BCUT2D eigenvalue weighted by molar-refractivity contribution is 6.31. The fraction of sp³-hybridized carbons (Fsp3) is 0.348. The number of nitrogens with zero attached hydrogens (tertiary/aromatic N) is 4. The molecular weight excluding hydrogens is 482 g/mol. The normalized spacial score (nSPS) is 16.6. The van der Waals surface area contributed by atoms with Gasteiger partial charge in [-0.25, -0.2) is 18.3 Å². The summed E-state index contributed by atoms with van der Waals surface area (Å²) in [6, 6.07) is 10.2. The molecule has 4 rings (SSSR count). The molecule has 0 aliphatic heterocycles. The molecule has 2 aromatic heterocycles. The Morgan fingerprint density at radius 1 is 1.17 bits per heavy atom. The van der Waals surface area contributed by atoms with Gasteiger partial charge in [-0.2, -0.15) is 0 Å². The number of benzene rings is 1. The Bertz CT molecular complexity index is 1260. The van der Waals surface area contributed by atoms with Crippen LogP contribution in [0.25, 0.3) is 11.4 Å². The summed E-state index contributed by atoms with van der Waals surface area (Å²) in [5.74, 6) is -3.05. The predicted molar refractivity (Wildman–Crippen MR) is 125 cm³/mol. The van der Waals surface area contributed by atoms with Gasteiger partial charge in [0.05, 0.1) is 23.0 Å². The summed E-state index contributed by atoms with van der Waals surface area (Å²) in [7, 11) is 1.59. The number of nitrogens with one attached hydrogen (secondary N) is 2. The number of aromatic nitrogens is 4. The van der Waals surface area contributed by atoms with E-state index in [4.69, 9.17) is 16.3 Å². The standard InChI is InChI=1S/C23H23ClF2N6O3/c1-13(15-6-4-5-7-16(15)24)35-21(34)29-19-18(30-31-32(19)3)17-9-8-14(10-27-17)28-20(33)22(2)11-23(25,26)12-22/h4-10,13H,11-12H2,1-3H3,(H,28,33)(H,29,34)/t13-/m1/s1. The number of pyridine rings is 1. The third kappa shape index (κ3) is 5.24. The van der Waals surface area contributed by atoms with Gasteiger partial charge in [-0.15, -0.1) is 5.10 Å². The van der Waals surface area contributed by atoms with Crippen molar-refractivity contribution < 1.29 is 23.1 Å². The summed E-state index contributed by atoms with van der Waals surface area (Å²) in [5.41, 5.74) is 0.532. The fourth-order valence-electron chi connectivity index (χ4n) is 3.97. The molecule has 1 aromatic carbocycles. The maximum Gasteiger partial charge on any atom is 0.413 e. The minimum atomic E-state index is -2.81. The van der Waals surface area contributed by atoms with Crippen molar-refractivity contribution in [2.45, 2.75) is 38.7 Å². The number of ether oxygens (including phenoxy) is 1. The van der Waals surface area contributed by atoms with E-state index >= 15 is 0 Å². The van der Waals surface area contributed by atoms with Gasteiger partial charge in [-0.1, -0.05) is 41.9 Å². The average molecular weight is 505 g/mol. The quantitative estimate of drug-likeness (QED) is 0.476. The summed E-state index contributed by atoms with van der Waals surface area (Å²) in [6.45, 7) is 3.20. The van der Waals surface area contributed by atoms with Crippen LogP contribution in [0.3, 0.4) is 0 Å². The summed E-state index contributed by atoms with van der Waals surface area (Å²) >= 11 is 6.17. The molecule has 3 aromatic rings. The number of carbonyl (C=O) groups is 2. The van der Waals surface area contributed by atoms with Gasteiger partial charge in [-0.05, 0) is 25.1 Å². The van der Waals surface area contributed by atoms with E-state index in [2.05, 4.69) is 25.9 Å². The van der Waals surface area contributed by atoms with Crippen LogP contribution in [0.15, 0.2) is 42.6 Å². The van der Waals surface area contributed by atoms with Crippen LogP contribution < -0.4 is 10.6 Å². The maximum atomic E-state index is 13.2. The third-order valence-electron chi connectivity index (χ3n) is 5.78. The molecule has 1 atom stereocenters. The van der Waals surface area contributed by atoms with E-state index < -0.39 is 42.3 Å². The molecule has 0 bridgehead atoms. The molecular formula is C23H23ClF2N6O3. The van der Waals surface area contributed by atoms with Crippen LogP contribution in [0.5, 0.6) is 0 Å². The average Bonchev–Trinajstić information content (AvgIpc) is 3.13. The van der Waals surface area contributed by atoms with Crippen molar-refractivity contribution >= 4 is 35.1 Å². The highest BCUT2D eigenvalue weighted by atomic mass is 35.5. The van der Waals surface area contributed by atoms with Gasteiger partial charge < -0.3 is 10.1 Å². The van der Waals surface area contributed by atoms with Gasteiger partial charge in [0, 0.05) is 30.5 Å². The van der Waals surface area contributed by atoms with Gasteiger partial charge in [-0.3, -0.25) is 15.1 Å². The zero-order valence-corrected chi connectivity index (χ0v) is 19.9. The lowest BCUT2D eigenvalue weighted by Crippen LogP contribution is -2.51. The van der Waals surface area contributed by atoms with Crippen LogP contribution in [0.2, 0.25) is 5.02 Å². The van der Waals surface area contributed by atoms with E-state index in [-0.39, 0.29) is 11.5 Å². The molecule has 2 amide bonds. The molecule has 1 fully saturated rings. The first-order chi connectivity index (χ1) is 16.5. The summed E-state index contributed by atoms with van der Waals surface area (Å²) in [5, 5.41) is 13.7. The van der Waals surface area contributed by atoms with Crippen molar-refractivity contribution in [2.75, 3.05) is 10.6 Å². The second-order valence-corrected chi connectivity index (χ2v) is 9.17. The van der Waals surface area contributed by atoms with Crippen LogP contribution in [-0.2, 0) is 16.6 Å². The SMILES string of the molecule is C[C@@H](OC(=O)Nc1c(-c2ccc(NC(=O)C3(C)CC(F)(F)C3)cn2)nnn1C)c1ccccc1Cl. The van der Waals surface area contributed by atoms with Crippen LogP contribution in [0.1, 0.15) is 38.4 Å². The number of rotatable bonds is 6. The lowest BCUT2D eigenvalue weighted by atomic mass is 9.67. The van der Waals surface area contributed by atoms with Crippen molar-refractivity contribution in [1.82, 2.24) is 20.0 Å². The summed E-state index contributed by atoms with van der Waals surface area (Å²) < 4.78 is 33.2. The zero-order valence-electron chi connectivity index (χ0n) is 19.2. The van der Waals surface area contributed by atoms with E-state index in [9.17, 15) is 18.4 Å². The molecule has 2 N–H and O–H groups in total. The second-order valence-electron chi connectivity index (χ2n) is 8.76. The smallest absolute Gasteiger partial charge is 0.413 e. The number of aryl methyl sites for hydroxylation is 1. The van der Waals surface area contributed by atoms with E-state index in [1.54, 1.807) is 50.4 Å². The van der Waals surface area contributed by atoms with Crippen molar-refractivity contribution in [3.05, 3.63) is 53.2 Å². The molecule has 184 valence electrons. The van der Waals surface area contributed by atoms with Crippen molar-refractivity contribution in [3.63, 3.8) is 0 Å². The Hall–Kier alpha value is -3.60. The van der Waals surface area contributed by atoms with Gasteiger partial charge in [0.1, 0.15) is 6.10 Å². The van der Waals surface area contributed by atoms with E-state index in [1.165, 1.54) is 17.8 Å². The van der Waals surface area contributed by atoms with Gasteiger partial charge in [0.2, 0.25) is 11.8 Å². The van der Waals surface area contributed by atoms with Crippen LogP contribution in [0, 0.1) is 5.41 Å². The number of anilines is 2. The number of carbonyl (C=O) groups excluding carboxylic acids is 2. The lowest BCUT2D eigenvalue weighted by Gasteiger charge is -2.43. The molecule has 35 heavy (non-hydrogen) atoms. The molecule has 0 spiro atoms. The Morgan fingerprint density at radius 3 is 2.51 bits per heavy atom. The molecule has 1 saturated carbocycles. The van der Waals surface area contributed by atoms with E-state index in [0.29, 0.717) is 22.0 Å². The Balaban J connectivity index is 1.43. The first-order valence-electron chi connectivity index (χ1n) is 10.7.